The van der Waals surface area contributed by atoms with E-state index in [1.165, 1.54) is 0 Å². The molecule has 0 N–H and O–H groups in total. The Labute approximate surface area is 43.7 Å². The van der Waals surface area contributed by atoms with Gasteiger partial charge in [0.1, 0.15) is 0 Å². The van der Waals surface area contributed by atoms with E-state index in [1.807, 2.05) is 0 Å². The molecule has 0 saturated heterocycles. The van der Waals surface area contributed by atoms with Crippen LogP contribution in [0.25, 0.3) is 0 Å². The Morgan fingerprint density at radius 2 is 0.833 bits per heavy atom. The average Bonchev–Trinajstić information content (AvgIpc) is 1.36. The van der Waals surface area contributed by atoms with E-state index in [1.54, 1.807) is 0 Å². The molecule has 0 saturated carbocycles. The van der Waals surface area contributed by atoms with Crippen LogP contribution in [0.3, 0.4) is 0 Å². The number of rotatable bonds is 1. The van der Waals surface area contributed by atoms with Crippen LogP contribution in [0.15, 0.2) is 0 Å². The summed E-state index contributed by atoms with van der Waals surface area (Å²) in [5.74, 6) is 0. The molecule has 0 rings (SSSR count). The molecule has 0 atom stereocenters. The van der Waals surface area contributed by atoms with Gasteiger partial charge < -0.3 is 0 Å². The SMILES string of the molecule is [B]C([B])C([B])[B]. The van der Waals surface area contributed by atoms with Crippen molar-refractivity contribution in [3.8, 4) is 0 Å². The molecule has 0 aromatic rings. The van der Waals surface area contributed by atoms with Crippen molar-refractivity contribution in [2.75, 3.05) is 0 Å². The second kappa shape index (κ2) is 2.44. The number of hydrogen-bond acceptors (Lipinski definition) is 0. The first-order valence-corrected chi connectivity index (χ1v) is 1.67. The lowest BCUT2D eigenvalue weighted by atomic mass is 9.49. The minimum absolute atomic E-state index is 0.593. The zero-order valence-electron chi connectivity index (χ0n) is 3.46. The third-order valence-corrected chi connectivity index (χ3v) is 0.444. The zero-order valence-corrected chi connectivity index (χ0v) is 3.46. The smallest absolute Gasteiger partial charge is 0.0560 e. The van der Waals surface area contributed by atoms with E-state index in [-0.39, 0.29) is 0 Å². The summed E-state index contributed by atoms with van der Waals surface area (Å²) in [6, 6.07) is 0. The van der Waals surface area contributed by atoms with Crippen molar-refractivity contribution < 1.29 is 0 Å². The number of hydrogen-bond donors (Lipinski definition) is 0. The molecular weight excluding hydrogens is 67.3 g/mol. The van der Waals surface area contributed by atoms with Crippen molar-refractivity contribution >= 4 is 31.4 Å². The summed E-state index contributed by atoms with van der Waals surface area (Å²) in [5, 5.41) is 0. The summed E-state index contributed by atoms with van der Waals surface area (Å²) >= 11 is 0. The van der Waals surface area contributed by atoms with E-state index in [4.69, 9.17) is 31.4 Å². The van der Waals surface area contributed by atoms with Crippen LogP contribution in [0.1, 0.15) is 0 Å². The quantitative estimate of drug-likeness (QED) is 0.352. The van der Waals surface area contributed by atoms with Crippen molar-refractivity contribution in [1.29, 1.82) is 0 Å². The van der Waals surface area contributed by atoms with E-state index in [0.29, 0.717) is 0 Å². The predicted octanol–water partition coefficient (Wildman–Crippen LogP) is -0.848. The van der Waals surface area contributed by atoms with Gasteiger partial charge in [0.05, 0.1) is 31.4 Å². The van der Waals surface area contributed by atoms with Gasteiger partial charge in [-0.2, -0.15) is 0 Å². The Kier molecular flexibility index (Phi) is 2.54. The standard InChI is InChI=1S/C2H2B4/c3-1(4)2(5)6/h1-2H. The molecule has 0 amide bonds. The molecular formula is C2H2B4. The molecule has 0 bridgehead atoms. The summed E-state index contributed by atoms with van der Waals surface area (Å²) in [7, 11) is 19.9. The molecule has 0 unspecified atom stereocenters. The molecule has 6 heavy (non-hydrogen) atoms. The van der Waals surface area contributed by atoms with Crippen molar-refractivity contribution in [3.63, 3.8) is 0 Å². The molecule has 0 heterocycles. The molecule has 0 spiro atoms. The van der Waals surface area contributed by atoms with Crippen LogP contribution in [0, 0.1) is 0 Å². The maximum Gasteiger partial charge on any atom is 0.0560 e. The molecule has 0 aliphatic heterocycles. The van der Waals surface area contributed by atoms with Gasteiger partial charge >= 0.3 is 0 Å². The summed E-state index contributed by atoms with van der Waals surface area (Å²) in [6.07, 6.45) is 0. The van der Waals surface area contributed by atoms with E-state index in [2.05, 4.69) is 0 Å². The van der Waals surface area contributed by atoms with Crippen molar-refractivity contribution in [2.45, 2.75) is 11.4 Å². The molecule has 4 heteroatoms. The van der Waals surface area contributed by atoms with E-state index in [0.717, 1.165) is 0 Å². The summed E-state index contributed by atoms with van der Waals surface area (Å²) < 4.78 is 0. The van der Waals surface area contributed by atoms with Crippen molar-refractivity contribution in [3.05, 3.63) is 0 Å². The highest BCUT2D eigenvalue weighted by molar-refractivity contribution is 6.48. The molecule has 8 radical (unpaired) electrons. The van der Waals surface area contributed by atoms with Crippen LogP contribution in [-0.2, 0) is 0 Å². The van der Waals surface area contributed by atoms with Crippen LogP contribution in [-0.4, -0.2) is 31.4 Å². The molecule has 0 fully saturated rings. The highest BCUT2D eigenvalue weighted by Crippen LogP contribution is 2.04. The highest BCUT2D eigenvalue weighted by Gasteiger charge is 1.94. The molecule has 0 aliphatic carbocycles. The van der Waals surface area contributed by atoms with Crippen LogP contribution < -0.4 is 0 Å². The maximum atomic E-state index is 4.96. The van der Waals surface area contributed by atoms with Crippen molar-refractivity contribution in [1.82, 2.24) is 0 Å². The molecule has 0 nitrogen and oxygen atoms in total. The van der Waals surface area contributed by atoms with Gasteiger partial charge in [-0.1, -0.05) is 0 Å². The lowest BCUT2D eigenvalue weighted by molar-refractivity contribution is 1.25. The van der Waals surface area contributed by atoms with Crippen LogP contribution in [0.5, 0.6) is 0 Å². The van der Waals surface area contributed by atoms with E-state index >= 15 is 0 Å². The second-order valence-corrected chi connectivity index (χ2v) is 1.15. The third kappa shape index (κ3) is 2.49. The molecule has 0 aromatic carbocycles. The average molecular weight is 69.3 g/mol. The van der Waals surface area contributed by atoms with Gasteiger partial charge in [-0.15, -0.1) is 11.4 Å². The third-order valence-electron chi connectivity index (χ3n) is 0.444. The fraction of sp³-hybridized carbons (Fsp3) is 1.00. The second-order valence-electron chi connectivity index (χ2n) is 1.15. The first kappa shape index (κ1) is 6.26. The van der Waals surface area contributed by atoms with Crippen molar-refractivity contribution in [2.24, 2.45) is 0 Å². The Morgan fingerprint density at radius 3 is 0.833 bits per heavy atom. The normalized spacial score (nSPS) is 10.3. The molecule has 0 aliphatic rings. The summed E-state index contributed by atoms with van der Waals surface area (Å²) in [6.45, 7) is 0. The topological polar surface area (TPSA) is 0 Å². The van der Waals surface area contributed by atoms with Gasteiger partial charge in [0, 0.05) is 0 Å². The van der Waals surface area contributed by atoms with Gasteiger partial charge in [-0.25, -0.2) is 0 Å². The first-order valence-electron chi connectivity index (χ1n) is 1.67. The largest absolute Gasteiger partial charge is 0.121 e. The highest BCUT2D eigenvalue weighted by atomic mass is 13.7. The predicted molar refractivity (Wildman–Crippen MR) is 30.5 cm³/mol. The van der Waals surface area contributed by atoms with Gasteiger partial charge in [0.15, 0.2) is 0 Å². The van der Waals surface area contributed by atoms with E-state index in [9.17, 15) is 0 Å². The summed E-state index contributed by atoms with van der Waals surface area (Å²) in [5.41, 5.74) is -1.19. The fourth-order valence-electron chi connectivity index (χ4n) is 0. The van der Waals surface area contributed by atoms with Crippen LogP contribution in [0.4, 0.5) is 0 Å². The minimum Gasteiger partial charge on any atom is -0.121 e. The van der Waals surface area contributed by atoms with Crippen LogP contribution in [0.2, 0.25) is 11.4 Å². The van der Waals surface area contributed by atoms with Crippen LogP contribution >= 0.6 is 0 Å². The molecule has 22 valence electrons. The summed E-state index contributed by atoms with van der Waals surface area (Å²) in [4.78, 5) is 0. The lowest BCUT2D eigenvalue weighted by Gasteiger charge is -2.06. The Balaban J connectivity index is 2.99. The van der Waals surface area contributed by atoms with Gasteiger partial charge in [0.25, 0.3) is 0 Å². The Hall–Kier alpha value is 0.260. The van der Waals surface area contributed by atoms with Gasteiger partial charge in [0.2, 0.25) is 0 Å². The van der Waals surface area contributed by atoms with Gasteiger partial charge in [-0.05, 0) is 0 Å². The zero-order chi connectivity index (χ0) is 5.15. The first-order chi connectivity index (χ1) is 2.64. The fourth-order valence-corrected chi connectivity index (χ4v) is 0. The monoisotopic (exact) mass is 70.1 g/mol. The Morgan fingerprint density at radius 1 is 0.667 bits per heavy atom. The maximum absolute atomic E-state index is 4.96. The lowest BCUT2D eigenvalue weighted by Crippen LogP contribution is -2.01. The minimum atomic E-state index is -0.593. The Bertz CT molecular complexity index is 26.5. The van der Waals surface area contributed by atoms with E-state index < -0.39 is 11.4 Å². The molecule has 0 aromatic heterocycles. The van der Waals surface area contributed by atoms with Gasteiger partial charge in [-0.3, -0.25) is 0 Å².